The predicted octanol–water partition coefficient (Wildman–Crippen LogP) is 3.10. The highest BCUT2D eigenvalue weighted by Gasteiger charge is 1.99. The highest BCUT2D eigenvalue weighted by Crippen LogP contribution is 2.15. The number of hydrogen-bond acceptors (Lipinski definition) is 2. The fourth-order valence-corrected chi connectivity index (χ4v) is 2.76. The molecule has 62 valence electrons. The third-order valence-electron chi connectivity index (χ3n) is 1.21. The standard InChI is InChI=1S/C7H15ClS2/c1-7(3-4-8)10-6-5-9-2/h7H,3-6H2,1-2H3. The monoisotopic (exact) mass is 198 g/mol. The Balaban J connectivity index is 2.97. The van der Waals surface area contributed by atoms with Crippen molar-refractivity contribution in [2.24, 2.45) is 0 Å². The Morgan fingerprint density at radius 2 is 2.10 bits per heavy atom. The highest BCUT2D eigenvalue weighted by atomic mass is 35.5. The maximum atomic E-state index is 5.59. The lowest BCUT2D eigenvalue weighted by molar-refractivity contribution is 0.913. The molecule has 0 spiro atoms. The molecule has 0 radical (unpaired) electrons. The van der Waals surface area contributed by atoms with Gasteiger partial charge < -0.3 is 0 Å². The van der Waals surface area contributed by atoms with Crippen molar-refractivity contribution < 1.29 is 0 Å². The second kappa shape index (κ2) is 8.09. The molecule has 0 fully saturated rings. The molecule has 0 saturated carbocycles. The molecule has 10 heavy (non-hydrogen) atoms. The van der Waals surface area contributed by atoms with Gasteiger partial charge in [0.1, 0.15) is 0 Å². The molecule has 0 nitrogen and oxygen atoms in total. The van der Waals surface area contributed by atoms with Gasteiger partial charge in [-0.1, -0.05) is 6.92 Å². The minimum absolute atomic E-state index is 0.740. The summed E-state index contributed by atoms with van der Waals surface area (Å²) in [5.41, 5.74) is 0. The van der Waals surface area contributed by atoms with Crippen molar-refractivity contribution in [1.29, 1.82) is 0 Å². The van der Waals surface area contributed by atoms with Crippen LogP contribution >= 0.6 is 35.1 Å². The summed E-state index contributed by atoms with van der Waals surface area (Å²) in [4.78, 5) is 0. The van der Waals surface area contributed by atoms with E-state index in [2.05, 4.69) is 13.2 Å². The molecule has 0 aliphatic heterocycles. The van der Waals surface area contributed by atoms with E-state index >= 15 is 0 Å². The Labute approximate surface area is 77.5 Å². The molecule has 3 heteroatoms. The van der Waals surface area contributed by atoms with E-state index in [0.29, 0.717) is 0 Å². The van der Waals surface area contributed by atoms with Crippen molar-refractivity contribution in [3.8, 4) is 0 Å². The first kappa shape index (κ1) is 11.0. The number of rotatable bonds is 6. The van der Waals surface area contributed by atoms with E-state index in [-0.39, 0.29) is 0 Å². The van der Waals surface area contributed by atoms with Crippen LogP contribution < -0.4 is 0 Å². The van der Waals surface area contributed by atoms with Crippen LogP contribution in [0.25, 0.3) is 0 Å². The van der Waals surface area contributed by atoms with Gasteiger partial charge in [-0.3, -0.25) is 0 Å². The average molecular weight is 199 g/mol. The van der Waals surface area contributed by atoms with Crippen LogP contribution in [0.5, 0.6) is 0 Å². The molecule has 0 amide bonds. The Morgan fingerprint density at radius 3 is 2.60 bits per heavy atom. The van der Waals surface area contributed by atoms with Crippen molar-refractivity contribution in [3.05, 3.63) is 0 Å². The van der Waals surface area contributed by atoms with Gasteiger partial charge in [0, 0.05) is 22.6 Å². The van der Waals surface area contributed by atoms with Crippen LogP contribution in [-0.2, 0) is 0 Å². The molecule has 0 heterocycles. The molecule has 1 unspecified atom stereocenters. The van der Waals surface area contributed by atoms with E-state index in [0.717, 1.165) is 17.6 Å². The average Bonchev–Trinajstić information content (AvgIpc) is 1.89. The molecular formula is C7H15ClS2. The lowest BCUT2D eigenvalue weighted by Gasteiger charge is -2.07. The van der Waals surface area contributed by atoms with Crippen LogP contribution in [0.15, 0.2) is 0 Å². The summed E-state index contributed by atoms with van der Waals surface area (Å²) in [6.45, 7) is 2.24. The zero-order chi connectivity index (χ0) is 7.82. The van der Waals surface area contributed by atoms with Crippen molar-refractivity contribution in [2.45, 2.75) is 18.6 Å². The molecule has 0 rings (SSSR count). The second-order valence-electron chi connectivity index (χ2n) is 2.15. The summed E-state index contributed by atoms with van der Waals surface area (Å²) in [5.74, 6) is 3.32. The number of halogens is 1. The maximum absolute atomic E-state index is 5.59. The van der Waals surface area contributed by atoms with E-state index in [9.17, 15) is 0 Å². The lowest BCUT2D eigenvalue weighted by Crippen LogP contribution is -1.98. The molecule has 0 aliphatic carbocycles. The maximum Gasteiger partial charge on any atom is 0.0233 e. The van der Waals surface area contributed by atoms with E-state index in [1.54, 1.807) is 0 Å². The first-order valence-corrected chi connectivity index (χ1v) is 6.45. The molecule has 0 aromatic rings. The van der Waals surface area contributed by atoms with Gasteiger partial charge in [-0.05, 0) is 12.7 Å². The van der Waals surface area contributed by atoms with Crippen molar-refractivity contribution in [3.63, 3.8) is 0 Å². The topological polar surface area (TPSA) is 0 Å². The zero-order valence-corrected chi connectivity index (χ0v) is 8.99. The summed E-state index contributed by atoms with van der Waals surface area (Å²) < 4.78 is 0. The minimum atomic E-state index is 0.740. The van der Waals surface area contributed by atoms with E-state index < -0.39 is 0 Å². The van der Waals surface area contributed by atoms with Crippen LogP contribution in [-0.4, -0.2) is 28.9 Å². The van der Waals surface area contributed by atoms with Crippen LogP contribution in [0.1, 0.15) is 13.3 Å². The smallest absolute Gasteiger partial charge is 0.0233 e. The van der Waals surface area contributed by atoms with Crippen LogP contribution in [0.3, 0.4) is 0 Å². The van der Waals surface area contributed by atoms with E-state index in [4.69, 9.17) is 11.6 Å². The van der Waals surface area contributed by atoms with E-state index in [1.165, 1.54) is 11.5 Å². The Bertz CT molecular complexity index is 68.6. The third kappa shape index (κ3) is 7.10. The lowest BCUT2D eigenvalue weighted by atomic mass is 10.4. The molecule has 1 atom stereocenters. The predicted molar refractivity (Wildman–Crippen MR) is 55.6 cm³/mol. The van der Waals surface area contributed by atoms with Crippen molar-refractivity contribution in [1.82, 2.24) is 0 Å². The number of hydrogen-bond donors (Lipinski definition) is 0. The molecular weight excluding hydrogens is 184 g/mol. The molecule has 0 aromatic carbocycles. The van der Waals surface area contributed by atoms with Gasteiger partial charge in [0.15, 0.2) is 0 Å². The van der Waals surface area contributed by atoms with Crippen molar-refractivity contribution >= 4 is 35.1 Å². The SMILES string of the molecule is CSCCSC(C)CCCl. The first-order chi connectivity index (χ1) is 4.81. The van der Waals surface area contributed by atoms with Gasteiger partial charge in [-0.25, -0.2) is 0 Å². The zero-order valence-electron chi connectivity index (χ0n) is 6.60. The second-order valence-corrected chi connectivity index (χ2v) is 5.06. The summed E-state index contributed by atoms with van der Waals surface area (Å²) in [6.07, 6.45) is 3.29. The molecule has 0 aromatic heterocycles. The van der Waals surface area contributed by atoms with E-state index in [1.807, 2.05) is 23.5 Å². The van der Waals surface area contributed by atoms with Crippen LogP contribution in [0, 0.1) is 0 Å². The Hall–Kier alpha value is 0.990. The number of thioether (sulfide) groups is 2. The summed E-state index contributed by atoms with van der Waals surface area (Å²) in [6, 6.07) is 0. The van der Waals surface area contributed by atoms with Crippen LogP contribution in [0.2, 0.25) is 0 Å². The molecule has 0 N–H and O–H groups in total. The van der Waals surface area contributed by atoms with Gasteiger partial charge in [-0.2, -0.15) is 23.5 Å². The fraction of sp³-hybridized carbons (Fsp3) is 1.00. The third-order valence-corrected chi connectivity index (χ3v) is 3.54. The summed E-state index contributed by atoms with van der Waals surface area (Å²) in [7, 11) is 0. The molecule has 0 bridgehead atoms. The molecule has 0 aliphatic rings. The highest BCUT2D eigenvalue weighted by molar-refractivity contribution is 8.02. The summed E-state index contributed by atoms with van der Waals surface area (Å²) >= 11 is 9.52. The Kier molecular flexibility index (Phi) is 8.89. The number of alkyl halides is 1. The van der Waals surface area contributed by atoms with Gasteiger partial charge >= 0.3 is 0 Å². The first-order valence-electron chi connectivity index (χ1n) is 3.47. The van der Waals surface area contributed by atoms with Gasteiger partial charge in [-0.15, -0.1) is 11.6 Å². The largest absolute Gasteiger partial charge is 0.165 e. The Morgan fingerprint density at radius 1 is 1.40 bits per heavy atom. The minimum Gasteiger partial charge on any atom is -0.165 e. The van der Waals surface area contributed by atoms with Crippen LogP contribution in [0.4, 0.5) is 0 Å². The quantitative estimate of drug-likeness (QED) is 0.475. The van der Waals surface area contributed by atoms with Crippen molar-refractivity contribution in [2.75, 3.05) is 23.6 Å². The van der Waals surface area contributed by atoms with Gasteiger partial charge in [0.05, 0.1) is 0 Å². The summed E-state index contributed by atoms with van der Waals surface area (Å²) in [5, 5.41) is 0.740. The molecule has 0 saturated heterocycles. The van der Waals surface area contributed by atoms with Gasteiger partial charge in [0.25, 0.3) is 0 Å². The van der Waals surface area contributed by atoms with Gasteiger partial charge in [0.2, 0.25) is 0 Å². The fourth-order valence-electron chi connectivity index (χ4n) is 0.570. The normalized spacial score (nSPS) is 13.5.